The first kappa shape index (κ1) is 13.7. The maximum atomic E-state index is 3.88. The SMILES string of the molecule is CSCC(C)N1CCCNC2(CCCCC2)C1. The van der Waals surface area contributed by atoms with Crippen LogP contribution in [0.25, 0.3) is 0 Å². The molecule has 1 atom stereocenters. The molecule has 100 valence electrons. The van der Waals surface area contributed by atoms with Crippen molar-refractivity contribution < 1.29 is 0 Å². The second kappa shape index (κ2) is 6.44. The third kappa shape index (κ3) is 3.62. The number of thioether (sulfide) groups is 1. The normalized spacial score (nSPS) is 27.9. The first-order valence-corrected chi connectivity index (χ1v) is 8.63. The van der Waals surface area contributed by atoms with Crippen LogP contribution in [0.2, 0.25) is 0 Å². The summed E-state index contributed by atoms with van der Waals surface area (Å²) in [4.78, 5) is 2.74. The van der Waals surface area contributed by atoms with E-state index in [-0.39, 0.29) is 0 Å². The number of rotatable bonds is 3. The fraction of sp³-hybridized carbons (Fsp3) is 1.00. The van der Waals surface area contributed by atoms with E-state index in [1.807, 2.05) is 11.8 Å². The Balaban J connectivity index is 1.98. The van der Waals surface area contributed by atoms with Gasteiger partial charge in [0.1, 0.15) is 0 Å². The van der Waals surface area contributed by atoms with Crippen LogP contribution in [0.4, 0.5) is 0 Å². The van der Waals surface area contributed by atoms with E-state index >= 15 is 0 Å². The zero-order valence-electron chi connectivity index (χ0n) is 11.5. The Morgan fingerprint density at radius 2 is 2.00 bits per heavy atom. The van der Waals surface area contributed by atoms with E-state index in [1.165, 1.54) is 63.9 Å². The molecule has 0 aromatic rings. The van der Waals surface area contributed by atoms with Crippen molar-refractivity contribution in [2.75, 3.05) is 31.6 Å². The van der Waals surface area contributed by atoms with E-state index in [4.69, 9.17) is 0 Å². The third-order valence-corrected chi connectivity index (χ3v) is 5.29. The lowest BCUT2D eigenvalue weighted by molar-refractivity contribution is 0.142. The molecule has 1 unspecified atom stereocenters. The van der Waals surface area contributed by atoms with Crippen molar-refractivity contribution >= 4 is 11.8 Å². The van der Waals surface area contributed by atoms with Gasteiger partial charge in [0.05, 0.1) is 0 Å². The van der Waals surface area contributed by atoms with Gasteiger partial charge in [0.25, 0.3) is 0 Å². The number of hydrogen-bond donors (Lipinski definition) is 1. The summed E-state index contributed by atoms with van der Waals surface area (Å²) in [6.45, 7) is 6.20. The number of nitrogens with zero attached hydrogens (tertiary/aromatic N) is 1. The molecule has 0 aromatic heterocycles. The Bertz CT molecular complexity index is 226. The van der Waals surface area contributed by atoms with Gasteiger partial charge in [-0.15, -0.1) is 0 Å². The first-order valence-electron chi connectivity index (χ1n) is 7.24. The summed E-state index contributed by atoms with van der Waals surface area (Å²) in [5.74, 6) is 1.27. The fourth-order valence-electron chi connectivity index (χ4n) is 3.45. The maximum absolute atomic E-state index is 3.88. The smallest absolute Gasteiger partial charge is 0.0308 e. The van der Waals surface area contributed by atoms with E-state index in [2.05, 4.69) is 23.4 Å². The topological polar surface area (TPSA) is 15.3 Å². The van der Waals surface area contributed by atoms with E-state index in [9.17, 15) is 0 Å². The zero-order valence-corrected chi connectivity index (χ0v) is 12.3. The predicted octanol–water partition coefficient (Wildman–Crippen LogP) is 2.74. The molecule has 0 radical (unpaired) electrons. The van der Waals surface area contributed by atoms with Crippen LogP contribution >= 0.6 is 11.8 Å². The Kier molecular flexibility index (Phi) is 5.19. The molecule has 2 aliphatic rings. The molecule has 0 bridgehead atoms. The summed E-state index contributed by atoms with van der Waals surface area (Å²) in [5.41, 5.74) is 0.460. The second-order valence-corrected chi connectivity index (χ2v) is 6.81. The molecule has 1 spiro atoms. The molecule has 0 aromatic carbocycles. The van der Waals surface area contributed by atoms with Crippen LogP contribution in [-0.2, 0) is 0 Å². The minimum atomic E-state index is 0.460. The highest BCUT2D eigenvalue weighted by Crippen LogP contribution is 2.31. The van der Waals surface area contributed by atoms with Crippen molar-refractivity contribution in [1.82, 2.24) is 10.2 Å². The first-order chi connectivity index (χ1) is 8.26. The molecule has 17 heavy (non-hydrogen) atoms. The van der Waals surface area contributed by atoms with Crippen molar-refractivity contribution in [2.45, 2.75) is 57.0 Å². The van der Waals surface area contributed by atoms with Gasteiger partial charge >= 0.3 is 0 Å². The average Bonchev–Trinajstić information content (AvgIpc) is 2.54. The highest BCUT2D eigenvalue weighted by atomic mass is 32.2. The quantitative estimate of drug-likeness (QED) is 0.836. The monoisotopic (exact) mass is 256 g/mol. The molecule has 2 nitrogen and oxygen atoms in total. The molecule has 1 aliphatic heterocycles. The molecule has 1 heterocycles. The van der Waals surface area contributed by atoms with Gasteiger partial charge in [-0.1, -0.05) is 19.3 Å². The summed E-state index contributed by atoms with van der Waals surface area (Å²) >= 11 is 1.98. The molecular formula is C14H28N2S. The van der Waals surface area contributed by atoms with Crippen LogP contribution < -0.4 is 5.32 Å². The van der Waals surface area contributed by atoms with Crippen LogP contribution in [0.1, 0.15) is 45.4 Å². The largest absolute Gasteiger partial charge is 0.310 e. The van der Waals surface area contributed by atoms with E-state index in [0.29, 0.717) is 5.54 Å². The highest BCUT2D eigenvalue weighted by Gasteiger charge is 2.35. The van der Waals surface area contributed by atoms with Crippen LogP contribution in [0.3, 0.4) is 0 Å². The Morgan fingerprint density at radius 1 is 1.24 bits per heavy atom. The second-order valence-electron chi connectivity index (χ2n) is 5.90. The summed E-state index contributed by atoms with van der Waals surface area (Å²) < 4.78 is 0. The van der Waals surface area contributed by atoms with Gasteiger partial charge in [-0.05, 0) is 45.5 Å². The van der Waals surface area contributed by atoms with Crippen LogP contribution in [0.5, 0.6) is 0 Å². The van der Waals surface area contributed by atoms with Crippen molar-refractivity contribution in [3.05, 3.63) is 0 Å². The molecule has 2 fully saturated rings. The van der Waals surface area contributed by atoms with Gasteiger partial charge in [0.2, 0.25) is 0 Å². The average molecular weight is 256 g/mol. The molecule has 0 amide bonds. The van der Waals surface area contributed by atoms with Gasteiger partial charge < -0.3 is 5.32 Å². The lowest BCUT2D eigenvalue weighted by Crippen LogP contribution is -2.54. The molecule has 3 heteroatoms. The lowest BCUT2D eigenvalue weighted by atomic mass is 9.81. The van der Waals surface area contributed by atoms with Gasteiger partial charge in [-0.25, -0.2) is 0 Å². The minimum Gasteiger partial charge on any atom is -0.310 e. The third-order valence-electron chi connectivity index (χ3n) is 4.47. The standard InChI is InChI=1S/C14H28N2S/c1-13(11-17-2)16-10-6-9-15-14(12-16)7-4-3-5-8-14/h13,15H,3-12H2,1-2H3. The number of hydrogen-bond acceptors (Lipinski definition) is 3. The van der Waals surface area contributed by atoms with Gasteiger partial charge in [0, 0.05) is 23.9 Å². The number of nitrogens with one attached hydrogen (secondary N) is 1. The van der Waals surface area contributed by atoms with Crippen LogP contribution in [0, 0.1) is 0 Å². The van der Waals surface area contributed by atoms with E-state index in [1.54, 1.807) is 0 Å². The van der Waals surface area contributed by atoms with Gasteiger partial charge in [-0.3, -0.25) is 4.90 Å². The van der Waals surface area contributed by atoms with Crippen molar-refractivity contribution in [1.29, 1.82) is 0 Å². The van der Waals surface area contributed by atoms with E-state index in [0.717, 1.165) is 6.04 Å². The zero-order chi connectivity index (χ0) is 12.1. The van der Waals surface area contributed by atoms with Gasteiger partial charge in [0.15, 0.2) is 0 Å². The molecule has 1 saturated heterocycles. The van der Waals surface area contributed by atoms with E-state index < -0.39 is 0 Å². The Morgan fingerprint density at radius 3 is 2.71 bits per heavy atom. The summed E-state index contributed by atoms with van der Waals surface area (Å²) in [6.07, 6.45) is 10.6. The summed E-state index contributed by atoms with van der Waals surface area (Å²) in [5, 5.41) is 3.88. The fourth-order valence-corrected chi connectivity index (χ4v) is 4.14. The van der Waals surface area contributed by atoms with Crippen molar-refractivity contribution in [2.24, 2.45) is 0 Å². The molecule has 1 N–H and O–H groups in total. The van der Waals surface area contributed by atoms with Crippen molar-refractivity contribution in [3.8, 4) is 0 Å². The minimum absolute atomic E-state index is 0.460. The molecule has 1 saturated carbocycles. The Labute approximate surface area is 111 Å². The van der Waals surface area contributed by atoms with Gasteiger partial charge in [-0.2, -0.15) is 11.8 Å². The maximum Gasteiger partial charge on any atom is 0.0308 e. The summed E-state index contributed by atoms with van der Waals surface area (Å²) in [6, 6.07) is 0.740. The van der Waals surface area contributed by atoms with Crippen LogP contribution in [0.15, 0.2) is 0 Å². The Hall–Kier alpha value is 0.270. The van der Waals surface area contributed by atoms with Crippen molar-refractivity contribution in [3.63, 3.8) is 0 Å². The predicted molar refractivity (Wildman–Crippen MR) is 77.9 cm³/mol. The highest BCUT2D eigenvalue weighted by molar-refractivity contribution is 7.98. The molecule has 2 rings (SSSR count). The molecular weight excluding hydrogens is 228 g/mol. The van der Waals surface area contributed by atoms with Crippen LogP contribution in [-0.4, -0.2) is 48.1 Å². The lowest BCUT2D eigenvalue weighted by Gasteiger charge is -2.41. The summed E-state index contributed by atoms with van der Waals surface area (Å²) in [7, 11) is 0. The molecule has 1 aliphatic carbocycles.